The van der Waals surface area contributed by atoms with Crippen molar-refractivity contribution >= 4 is 5.78 Å². The van der Waals surface area contributed by atoms with Crippen LogP contribution >= 0.6 is 0 Å². The molecular weight excluding hydrogens is 176 g/mol. The predicted octanol–water partition coefficient (Wildman–Crippen LogP) is 2.35. The van der Waals surface area contributed by atoms with Crippen molar-refractivity contribution in [3.05, 3.63) is 29.3 Å². The molecule has 1 fully saturated rings. The van der Waals surface area contributed by atoms with Crippen LogP contribution in [0.5, 0.6) is 5.75 Å². The molecule has 2 nitrogen and oxygen atoms in total. The van der Waals surface area contributed by atoms with Crippen molar-refractivity contribution in [1.29, 1.82) is 0 Å². The van der Waals surface area contributed by atoms with Crippen LogP contribution in [0.15, 0.2) is 18.2 Å². The second-order valence-electron chi connectivity index (χ2n) is 4.20. The third-order valence-electron chi connectivity index (χ3n) is 3.23. The molecule has 0 N–H and O–H groups in total. The molecule has 2 aliphatic rings. The molecule has 0 spiro atoms. The van der Waals surface area contributed by atoms with E-state index in [1.165, 1.54) is 0 Å². The maximum absolute atomic E-state index is 11.9. The van der Waals surface area contributed by atoms with Gasteiger partial charge >= 0.3 is 0 Å². The van der Waals surface area contributed by atoms with E-state index < -0.39 is 0 Å². The molecule has 2 heteroatoms. The highest BCUT2D eigenvalue weighted by Gasteiger charge is 2.43. The first-order valence-corrected chi connectivity index (χ1v) is 5.07. The number of ketones is 1. The van der Waals surface area contributed by atoms with Crippen LogP contribution in [0.25, 0.3) is 0 Å². The number of ether oxygens (including phenoxy) is 1. The highest BCUT2D eigenvalue weighted by molar-refractivity contribution is 6.02. The van der Waals surface area contributed by atoms with Crippen molar-refractivity contribution in [2.24, 2.45) is 5.92 Å². The maximum atomic E-state index is 11.9. The van der Waals surface area contributed by atoms with E-state index in [2.05, 4.69) is 0 Å². The van der Waals surface area contributed by atoms with Gasteiger partial charge in [-0.25, -0.2) is 0 Å². The number of carbonyl (C=O) groups excluding carboxylic acids is 1. The lowest BCUT2D eigenvalue weighted by Crippen LogP contribution is -2.45. The smallest absolute Gasteiger partial charge is 0.173 e. The van der Waals surface area contributed by atoms with Crippen molar-refractivity contribution < 1.29 is 9.53 Å². The number of benzene rings is 1. The van der Waals surface area contributed by atoms with Crippen LogP contribution in [-0.2, 0) is 0 Å². The average molecular weight is 188 g/mol. The Labute approximate surface area is 82.9 Å². The molecule has 1 aliphatic carbocycles. The van der Waals surface area contributed by atoms with Crippen molar-refractivity contribution in [1.82, 2.24) is 0 Å². The topological polar surface area (TPSA) is 26.3 Å². The van der Waals surface area contributed by atoms with Gasteiger partial charge in [0.05, 0.1) is 11.5 Å². The van der Waals surface area contributed by atoms with Gasteiger partial charge in [0.1, 0.15) is 11.9 Å². The zero-order valence-electron chi connectivity index (χ0n) is 8.12. The van der Waals surface area contributed by atoms with Gasteiger partial charge in [-0.1, -0.05) is 6.07 Å². The van der Waals surface area contributed by atoms with Crippen LogP contribution in [0.3, 0.4) is 0 Å². The quantitative estimate of drug-likeness (QED) is 0.624. The average Bonchev–Trinajstić information content (AvgIpc) is 2.10. The van der Waals surface area contributed by atoms with Crippen LogP contribution in [0.2, 0.25) is 0 Å². The molecule has 2 atom stereocenters. The Morgan fingerprint density at radius 1 is 1.36 bits per heavy atom. The van der Waals surface area contributed by atoms with Gasteiger partial charge in [-0.2, -0.15) is 0 Å². The molecule has 1 aromatic rings. The molecule has 0 unspecified atom stereocenters. The molecule has 0 amide bonds. The lowest BCUT2D eigenvalue weighted by molar-refractivity contribution is 0.0278. The summed E-state index contributed by atoms with van der Waals surface area (Å²) < 4.78 is 5.76. The molecular formula is C12H12O2. The fourth-order valence-electron chi connectivity index (χ4n) is 2.20. The fourth-order valence-corrected chi connectivity index (χ4v) is 2.20. The van der Waals surface area contributed by atoms with Crippen LogP contribution in [0.4, 0.5) is 0 Å². The summed E-state index contributed by atoms with van der Waals surface area (Å²) in [4.78, 5) is 11.9. The Bertz CT molecular complexity index is 409. The van der Waals surface area contributed by atoms with E-state index >= 15 is 0 Å². The van der Waals surface area contributed by atoms with Crippen molar-refractivity contribution in [2.75, 3.05) is 0 Å². The minimum Gasteiger partial charge on any atom is -0.489 e. The minimum atomic E-state index is 0.144. The lowest BCUT2D eigenvalue weighted by atomic mass is 9.75. The van der Waals surface area contributed by atoms with Crippen molar-refractivity contribution in [3.63, 3.8) is 0 Å². The fraction of sp³-hybridized carbons (Fsp3) is 0.417. The number of fused-ring (bicyclic) bond motifs is 2. The minimum absolute atomic E-state index is 0.144. The first-order valence-electron chi connectivity index (χ1n) is 5.07. The second-order valence-corrected chi connectivity index (χ2v) is 4.20. The SMILES string of the molecule is Cc1ccc2c(c1)O[C@H]1CC[C@H]1C2=O. The number of Topliss-reactive ketones (excluding diaryl/α,β-unsaturated/α-hetero) is 1. The normalized spacial score (nSPS) is 28.5. The molecule has 0 radical (unpaired) electrons. The summed E-state index contributed by atoms with van der Waals surface area (Å²) in [6.45, 7) is 2.01. The molecule has 1 aromatic carbocycles. The number of carbonyl (C=O) groups is 1. The second kappa shape index (κ2) is 2.59. The third kappa shape index (κ3) is 0.939. The van der Waals surface area contributed by atoms with Crippen molar-refractivity contribution in [3.8, 4) is 5.75 Å². The standard InChI is InChI=1S/C12H12O2/c1-7-2-3-9-11(6-7)14-10-5-4-8(10)12(9)13/h2-3,6,8,10H,4-5H2,1H3/t8-,10+/m1/s1. The van der Waals surface area contributed by atoms with Gasteiger partial charge in [-0.05, 0) is 37.5 Å². The molecule has 0 bridgehead atoms. The molecule has 72 valence electrons. The van der Waals surface area contributed by atoms with Crippen molar-refractivity contribution in [2.45, 2.75) is 25.9 Å². The van der Waals surface area contributed by atoms with E-state index in [0.717, 1.165) is 29.7 Å². The van der Waals surface area contributed by atoms with Gasteiger partial charge in [0.25, 0.3) is 0 Å². The summed E-state index contributed by atoms with van der Waals surface area (Å²) in [5, 5.41) is 0. The van der Waals surface area contributed by atoms with Gasteiger partial charge in [-0.15, -0.1) is 0 Å². The van der Waals surface area contributed by atoms with E-state index in [1.54, 1.807) is 0 Å². The van der Waals surface area contributed by atoms with E-state index in [4.69, 9.17) is 4.74 Å². The Morgan fingerprint density at radius 3 is 2.93 bits per heavy atom. The predicted molar refractivity (Wildman–Crippen MR) is 52.6 cm³/mol. The Morgan fingerprint density at radius 2 is 2.21 bits per heavy atom. The highest BCUT2D eigenvalue weighted by atomic mass is 16.5. The van der Waals surface area contributed by atoms with E-state index in [0.29, 0.717) is 0 Å². The van der Waals surface area contributed by atoms with Gasteiger partial charge in [0.2, 0.25) is 0 Å². The van der Waals surface area contributed by atoms with Crippen LogP contribution in [0.1, 0.15) is 28.8 Å². The highest BCUT2D eigenvalue weighted by Crippen LogP contribution is 2.41. The zero-order chi connectivity index (χ0) is 9.71. The molecule has 1 saturated carbocycles. The largest absolute Gasteiger partial charge is 0.489 e. The van der Waals surface area contributed by atoms with Crippen LogP contribution < -0.4 is 4.74 Å². The summed E-state index contributed by atoms with van der Waals surface area (Å²) in [7, 11) is 0. The van der Waals surface area contributed by atoms with Crippen LogP contribution in [0, 0.1) is 12.8 Å². The summed E-state index contributed by atoms with van der Waals surface area (Å²) in [5.41, 5.74) is 1.92. The molecule has 1 aliphatic heterocycles. The number of rotatable bonds is 0. The number of aryl methyl sites for hydroxylation is 1. The summed E-state index contributed by atoms with van der Waals surface area (Å²) in [6.07, 6.45) is 2.19. The monoisotopic (exact) mass is 188 g/mol. The summed E-state index contributed by atoms with van der Waals surface area (Å²) in [6, 6.07) is 5.82. The van der Waals surface area contributed by atoms with Gasteiger partial charge in [0.15, 0.2) is 5.78 Å². The Kier molecular flexibility index (Phi) is 1.49. The van der Waals surface area contributed by atoms with Gasteiger partial charge in [-0.3, -0.25) is 4.79 Å². The summed E-state index contributed by atoms with van der Waals surface area (Å²) >= 11 is 0. The molecule has 0 aromatic heterocycles. The molecule has 14 heavy (non-hydrogen) atoms. The van der Waals surface area contributed by atoms with E-state index in [9.17, 15) is 4.79 Å². The third-order valence-corrected chi connectivity index (χ3v) is 3.23. The first-order chi connectivity index (χ1) is 6.75. The lowest BCUT2D eigenvalue weighted by Gasteiger charge is -2.39. The Balaban J connectivity index is 2.11. The van der Waals surface area contributed by atoms with Crippen LogP contribution in [-0.4, -0.2) is 11.9 Å². The first kappa shape index (κ1) is 8.04. The van der Waals surface area contributed by atoms with Gasteiger partial charge in [0, 0.05) is 0 Å². The number of hydrogen-bond acceptors (Lipinski definition) is 2. The van der Waals surface area contributed by atoms with Gasteiger partial charge < -0.3 is 4.74 Å². The maximum Gasteiger partial charge on any atom is 0.173 e. The Hall–Kier alpha value is -1.31. The molecule has 3 rings (SSSR count). The van der Waals surface area contributed by atoms with E-state index in [-0.39, 0.29) is 17.8 Å². The molecule has 1 heterocycles. The number of hydrogen-bond donors (Lipinski definition) is 0. The summed E-state index contributed by atoms with van der Waals surface area (Å²) in [5.74, 6) is 1.21. The zero-order valence-corrected chi connectivity index (χ0v) is 8.12. The molecule has 0 saturated heterocycles. The van der Waals surface area contributed by atoms with E-state index in [1.807, 2.05) is 25.1 Å².